The van der Waals surface area contributed by atoms with Crippen molar-refractivity contribution < 1.29 is 9.13 Å². The molecule has 2 rings (SSSR count). The summed E-state index contributed by atoms with van der Waals surface area (Å²) in [6, 6.07) is 14.2. The highest BCUT2D eigenvalue weighted by Gasteiger charge is 2.06. The van der Waals surface area contributed by atoms with Crippen molar-refractivity contribution in [3.05, 3.63) is 65.0 Å². The van der Waals surface area contributed by atoms with Crippen LogP contribution in [0, 0.1) is 17.1 Å². The summed E-state index contributed by atoms with van der Waals surface area (Å²) < 4.78 is 18.5. The first-order chi connectivity index (χ1) is 10.1. The summed E-state index contributed by atoms with van der Waals surface area (Å²) in [4.78, 5) is 0. The van der Waals surface area contributed by atoms with Crippen molar-refractivity contribution >= 4 is 0 Å². The highest BCUT2D eigenvalue weighted by Crippen LogP contribution is 2.18. The van der Waals surface area contributed by atoms with Crippen molar-refractivity contribution in [3.8, 4) is 11.8 Å². The standard InChI is InChI=1S/C17H17FN2O/c1-12(15-3-5-17(21-2)6-4-15)20-11-14-7-13(10-19)8-16(18)9-14/h3-9,12,20H,11H2,1-2H3/t12-/m0/s1. The molecule has 1 N–H and O–H groups in total. The van der Waals surface area contributed by atoms with Crippen molar-refractivity contribution in [2.75, 3.05) is 7.11 Å². The van der Waals surface area contributed by atoms with Crippen LogP contribution in [-0.2, 0) is 6.54 Å². The molecule has 0 aliphatic carbocycles. The Hall–Kier alpha value is -2.38. The van der Waals surface area contributed by atoms with Gasteiger partial charge in [0.2, 0.25) is 0 Å². The number of nitriles is 1. The van der Waals surface area contributed by atoms with Crippen LogP contribution in [0.3, 0.4) is 0 Å². The van der Waals surface area contributed by atoms with Crippen LogP contribution in [-0.4, -0.2) is 7.11 Å². The third kappa shape index (κ3) is 4.04. The second kappa shape index (κ2) is 6.87. The van der Waals surface area contributed by atoms with Crippen molar-refractivity contribution in [3.63, 3.8) is 0 Å². The Morgan fingerprint density at radius 2 is 1.95 bits per heavy atom. The van der Waals surface area contributed by atoms with Crippen LogP contribution in [0.2, 0.25) is 0 Å². The predicted molar refractivity (Wildman–Crippen MR) is 79.4 cm³/mol. The van der Waals surface area contributed by atoms with Crippen molar-refractivity contribution in [1.82, 2.24) is 5.32 Å². The van der Waals surface area contributed by atoms with E-state index in [1.165, 1.54) is 12.1 Å². The lowest BCUT2D eigenvalue weighted by Crippen LogP contribution is -2.18. The first kappa shape index (κ1) is 15.0. The molecule has 0 saturated heterocycles. The zero-order valence-corrected chi connectivity index (χ0v) is 12.1. The third-order valence-electron chi connectivity index (χ3n) is 3.31. The Balaban J connectivity index is 2.01. The molecule has 108 valence electrons. The lowest BCUT2D eigenvalue weighted by molar-refractivity contribution is 0.414. The summed E-state index contributed by atoms with van der Waals surface area (Å²) in [6.07, 6.45) is 0. The van der Waals surface area contributed by atoms with E-state index in [4.69, 9.17) is 10.00 Å². The van der Waals surface area contributed by atoms with Crippen LogP contribution in [0.15, 0.2) is 42.5 Å². The zero-order valence-electron chi connectivity index (χ0n) is 12.1. The van der Waals surface area contributed by atoms with E-state index in [0.717, 1.165) is 16.9 Å². The van der Waals surface area contributed by atoms with Gasteiger partial charge in [0, 0.05) is 12.6 Å². The molecule has 0 amide bonds. The quantitative estimate of drug-likeness (QED) is 0.913. The summed E-state index contributed by atoms with van der Waals surface area (Å²) >= 11 is 0. The molecule has 21 heavy (non-hydrogen) atoms. The summed E-state index contributed by atoms with van der Waals surface area (Å²) in [5, 5.41) is 12.2. The summed E-state index contributed by atoms with van der Waals surface area (Å²) in [5.41, 5.74) is 2.21. The van der Waals surface area contributed by atoms with E-state index in [1.54, 1.807) is 13.2 Å². The molecule has 0 unspecified atom stereocenters. The minimum atomic E-state index is -0.386. The van der Waals surface area contributed by atoms with E-state index >= 15 is 0 Å². The van der Waals surface area contributed by atoms with Crippen LogP contribution in [0.4, 0.5) is 4.39 Å². The Morgan fingerprint density at radius 3 is 2.57 bits per heavy atom. The maximum Gasteiger partial charge on any atom is 0.124 e. The zero-order chi connectivity index (χ0) is 15.2. The molecular weight excluding hydrogens is 267 g/mol. The minimum absolute atomic E-state index is 0.115. The Morgan fingerprint density at radius 1 is 1.24 bits per heavy atom. The van der Waals surface area contributed by atoms with Gasteiger partial charge >= 0.3 is 0 Å². The predicted octanol–water partition coefficient (Wildman–Crippen LogP) is 3.56. The Bertz CT molecular complexity index is 647. The van der Waals surface area contributed by atoms with E-state index in [0.29, 0.717) is 12.1 Å². The van der Waals surface area contributed by atoms with Crippen LogP contribution < -0.4 is 10.1 Å². The average molecular weight is 284 g/mol. The third-order valence-corrected chi connectivity index (χ3v) is 3.31. The van der Waals surface area contributed by atoms with Gasteiger partial charge in [0.15, 0.2) is 0 Å². The fourth-order valence-corrected chi connectivity index (χ4v) is 2.10. The first-order valence-corrected chi connectivity index (χ1v) is 6.69. The number of halogens is 1. The van der Waals surface area contributed by atoms with Gasteiger partial charge in [0.05, 0.1) is 18.7 Å². The highest BCUT2D eigenvalue weighted by molar-refractivity contribution is 5.34. The second-order valence-corrected chi connectivity index (χ2v) is 4.84. The largest absolute Gasteiger partial charge is 0.497 e. The molecule has 0 heterocycles. The van der Waals surface area contributed by atoms with E-state index in [2.05, 4.69) is 5.32 Å². The lowest BCUT2D eigenvalue weighted by atomic mass is 10.1. The van der Waals surface area contributed by atoms with Gasteiger partial charge in [0.25, 0.3) is 0 Å². The molecule has 4 heteroatoms. The molecule has 0 spiro atoms. The maximum atomic E-state index is 13.4. The van der Waals surface area contributed by atoms with Gasteiger partial charge in [-0.25, -0.2) is 4.39 Å². The molecule has 0 aliphatic rings. The SMILES string of the molecule is COc1ccc([C@H](C)NCc2cc(F)cc(C#N)c2)cc1. The van der Waals surface area contributed by atoms with E-state index in [1.807, 2.05) is 37.3 Å². The average Bonchev–Trinajstić information content (AvgIpc) is 2.52. The molecule has 0 aromatic heterocycles. The Kier molecular flexibility index (Phi) is 4.91. The molecule has 0 radical (unpaired) electrons. The highest BCUT2D eigenvalue weighted by atomic mass is 19.1. The molecule has 1 atom stereocenters. The van der Waals surface area contributed by atoms with Crippen LogP contribution in [0.25, 0.3) is 0 Å². The fraction of sp³-hybridized carbons (Fsp3) is 0.235. The Labute approximate surface area is 124 Å². The summed E-state index contributed by atoms with van der Waals surface area (Å²) in [6.45, 7) is 2.53. The fourth-order valence-electron chi connectivity index (χ4n) is 2.10. The van der Waals surface area contributed by atoms with Gasteiger partial charge in [-0.3, -0.25) is 0 Å². The van der Waals surface area contributed by atoms with Crippen molar-refractivity contribution in [1.29, 1.82) is 5.26 Å². The first-order valence-electron chi connectivity index (χ1n) is 6.69. The van der Waals surface area contributed by atoms with Crippen LogP contribution >= 0.6 is 0 Å². The topological polar surface area (TPSA) is 45.0 Å². The number of hydrogen-bond donors (Lipinski definition) is 1. The molecular formula is C17H17FN2O. The number of ether oxygens (including phenoxy) is 1. The van der Waals surface area contributed by atoms with E-state index in [9.17, 15) is 4.39 Å². The van der Waals surface area contributed by atoms with Gasteiger partial charge in [-0.1, -0.05) is 12.1 Å². The van der Waals surface area contributed by atoms with Crippen molar-refractivity contribution in [2.24, 2.45) is 0 Å². The van der Waals surface area contributed by atoms with Crippen LogP contribution in [0.1, 0.15) is 29.7 Å². The van der Waals surface area contributed by atoms with Gasteiger partial charge in [-0.05, 0) is 48.4 Å². The lowest BCUT2D eigenvalue weighted by Gasteiger charge is -2.15. The number of nitrogens with zero attached hydrogens (tertiary/aromatic N) is 1. The number of methoxy groups -OCH3 is 1. The van der Waals surface area contributed by atoms with E-state index in [-0.39, 0.29) is 11.9 Å². The summed E-state index contributed by atoms with van der Waals surface area (Å²) in [5.74, 6) is 0.428. The normalized spacial score (nSPS) is 11.7. The molecule has 0 bridgehead atoms. The smallest absolute Gasteiger partial charge is 0.124 e. The summed E-state index contributed by atoms with van der Waals surface area (Å²) in [7, 11) is 1.63. The van der Waals surface area contributed by atoms with Crippen molar-refractivity contribution in [2.45, 2.75) is 19.5 Å². The van der Waals surface area contributed by atoms with Gasteiger partial charge in [-0.2, -0.15) is 5.26 Å². The maximum absolute atomic E-state index is 13.4. The number of benzene rings is 2. The second-order valence-electron chi connectivity index (χ2n) is 4.84. The van der Waals surface area contributed by atoms with Gasteiger partial charge in [-0.15, -0.1) is 0 Å². The molecule has 2 aromatic rings. The molecule has 2 aromatic carbocycles. The van der Waals surface area contributed by atoms with Crippen LogP contribution in [0.5, 0.6) is 5.75 Å². The van der Waals surface area contributed by atoms with Gasteiger partial charge in [0.1, 0.15) is 11.6 Å². The monoisotopic (exact) mass is 284 g/mol. The molecule has 0 aliphatic heterocycles. The minimum Gasteiger partial charge on any atom is -0.497 e. The molecule has 0 saturated carbocycles. The molecule has 0 fully saturated rings. The molecule has 3 nitrogen and oxygen atoms in total. The van der Waals surface area contributed by atoms with E-state index < -0.39 is 0 Å². The number of nitrogens with one attached hydrogen (secondary N) is 1. The number of hydrogen-bond acceptors (Lipinski definition) is 3. The number of rotatable bonds is 5. The van der Waals surface area contributed by atoms with Gasteiger partial charge < -0.3 is 10.1 Å².